The van der Waals surface area contributed by atoms with Crippen LogP contribution in [0.15, 0.2) is 18.2 Å². The summed E-state index contributed by atoms with van der Waals surface area (Å²) in [6.45, 7) is 0. The van der Waals surface area contributed by atoms with Crippen LogP contribution < -0.4 is 5.73 Å². The molecule has 0 radical (unpaired) electrons. The van der Waals surface area contributed by atoms with E-state index in [0.29, 0.717) is 0 Å². The van der Waals surface area contributed by atoms with Crippen LogP contribution in [0.5, 0.6) is 0 Å². The quantitative estimate of drug-likeness (QED) is 0.531. The summed E-state index contributed by atoms with van der Waals surface area (Å²) < 4.78 is 0. The maximum Gasteiger partial charge on any atom is 0.0394 e. The van der Waals surface area contributed by atoms with Crippen molar-refractivity contribution in [3.8, 4) is 11.1 Å². The maximum atomic E-state index is 5.46. The van der Waals surface area contributed by atoms with Crippen molar-refractivity contribution in [3.05, 3.63) is 18.2 Å². The van der Waals surface area contributed by atoms with E-state index in [4.69, 9.17) is 5.73 Å². The Morgan fingerprint density at radius 2 is 2.00 bits per heavy atom. The third kappa shape index (κ3) is 0.596. The van der Waals surface area contributed by atoms with Crippen LogP contribution in [-0.2, 0) is 0 Å². The van der Waals surface area contributed by atoms with Gasteiger partial charge in [-0.05, 0) is 17.7 Å². The number of benzene rings is 1. The lowest BCUT2D eigenvalue weighted by atomic mass is 10.5. The van der Waals surface area contributed by atoms with Crippen LogP contribution in [0.2, 0.25) is 0 Å². The first-order chi connectivity index (χ1) is 3.38. The van der Waals surface area contributed by atoms with Gasteiger partial charge in [0, 0.05) is 11.3 Å². The van der Waals surface area contributed by atoms with E-state index in [-0.39, 0.29) is 24.0 Å². The summed E-state index contributed by atoms with van der Waals surface area (Å²) >= 11 is 0. The van der Waals surface area contributed by atoms with Crippen LogP contribution >= 0.6 is 24.0 Å². The maximum absolute atomic E-state index is 5.46. The number of fused-ring (bicyclic) bond motifs is 1. The van der Waals surface area contributed by atoms with Gasteiger partial charge >= 0.3 is 0 Å². The van der Waals surface area contributed by atoms with Gasteiger partial charge in [0.25, 0.3) is 0 Å². The third-order valence-corrected chi connectivity index (χ3v) is 1.28. The molecule has 0 amide bonds. The second-order valence-corrected chi connectivity index (χ2v) is 1.80. The van der Waals surface area contributed by atoms with Gasteiger partial charge < -0.3 is 5.73 Å². The average Bonchev–Trinajstić information content (AvgIpc) is 2.33. The fraction of sp³-hybridized carbons (Fsp3) is 0. The zero-order chi connectivity index (χ0) is 4.85. The minimum Gasteiger partial charge on any atom is -0.398 e. The molecule has 0 aromatic rings. The van der Waals surface area contributed by atoms with Gasteiger partial charge in [0.05, 0.1) is 0 Å². The van der Waals surface area contributed by atoms with E-state index in [1.165, 1.54) is 11.1 Å². The van der Waals surface area contributed by atoms with E-state index < -0.39 is 0 Å². The Balaban J connectivity index is 0.000000320. The molecule has 0 fully saturated rings. The van der Waals surface area contributed by atoms with Gasteiger partial charge in [0.1, 0.15) is 0 Å². The van der Waals surface area contributed by atoms with Crippen LogP contribution in [0.25, 0.3) is 11.1 Å². The molecule has 0 saturated heterocycles. The smallest absolute Gasteiger partial charge is 0.0394 e. The van der Waals surface area contributed by atoms with E-state index in [9.17, 15) is 0 Å². The molecule has 0 unspecified atom stereocenters. The predicted molar refractivity (Wildman–Crippen MR) is 45.3 cm³/mol. The number of rotatable bonds is 0. The van der Waals surface area contributed by atoms with Crippen molar-refractivity contribution in [1.29, 1.82) is 0 Å². The Morgan fingerprint density at radius 1 is 1.25 bits per heavy atom. The first kappa shape index (κ1) is 5.88. The Kier molecular flexibility index (Phi) is 1.19. The largest absolute Gasteiger partial charge is 0.398 e. The highest BCUT2D eigenvalue weighted by molar-refractivity contribution is 14.0. The van der Waals surface area contributed by atoms with Crippen molar-refractivity contribution in [2.75, 3.05) is 5.73 Å². The monoisotopic (exact) mass is 219 g/mol. The summed E-state index contributed by atoms with van der Waals surface area (Å²) in [7, 11) is 0. The Labute approximate surface area is 64.9 Å². The number of hydrogen-bond acceptors (Lipinski definition) is 1. The number of halogens is 1. The predicted octanol–water partition coefficient (Wildman–Crippen LogP) is 1.87. The molecule has 2 heteroatoms. The first-order valence-corrected chi connectivity index (χ1v) is 2.28. The minimum absolute atomic E-state index is 0. The van der Waals surface area contributed by atoms with Gasteiger partial charge in [-0.15, -0.1) is 24.0 Å². The molecule has 0 bridgehead atoms. The molecule has 2 aliphatic rings. The Morgan fingerprint density at radius 3 is 2.12 bits per heavy atom. The van der Waals surface area contributed by atoms with Crippen molar-refractivity contribution in [1.82, 2.24) is 0 Å². The molecule has 0 aliphatic heterocycles. The molecule has 0 heterocycles. The molecule has 8 heavy (non-hydrogen) atoms. The summed E-state index contributed by atoms with van der Waals surface area (Å²) in [6.07, 6.45) is 0. The van der Waals surface area contributed by atoms with Crippen LogP contribution in [0.3, 0.4) is 0 Å². The second-order valence-electron chi connectivity index (χ2n) is 1.80. The van der Waals surface area contributed by atoms with Gasteiger partial charge in [0.15, 0.2) is 0 Å². The standard InChI is InChI=1S/C6H5N.HI/c7-6-2-1-4-3-5(4)6;/h1-3H,7H2;1H. The molecule has 0 saturated carbocycles. The number of nitrogen functional groups attached to an aromatic ring is 1. The van der Waals surface area contributed by atoms with Crippen molar-refractivity contribution in [3.63, 3.8) is 0 Å². The SMILES string of the molecule is I.Nc1ccc2cc1-2. The summed E-state index contributed by atoms with van der Waals surface area (Å²) in [5.74, 6) is 0. The first-order valence-electron chi connectivity index (χ1n) is 2.28. The van der Waals surface area contributed by atoms with Crippen LogP contribution in [0, 0.1) is 0 Å². The number of hydrogen-bond donors (Lipinski definition) is 1. The summed E-state index contributed by atoms with van der Waals surface area (Å²) in [6, 6.07) is 6.05. The zero-order valence-corrected chi connectivity index (χ0v) is 6.55. The van der Waals surface area contributed by atoms with Gasteiger partial charge in [-0.3, -0.25) is 0 Å². The normalized spacial score (nSPS) is 10.0. The lowest BCUT2D eigenvalue weighted by molar-refractivity contribution is 1.89. The van der Waals surface area contributed by atoms with Crippen LogP contribution in [0.4, 0.5) is 5.69 Å². The molecule has 0 atom stereocenters. The van der Waals surface area contributed by atoms with E-state index in [2.05, 4.69) is 6.07 Å². The molecule has 2 N–H and O–H groups in total. The summed E-state index contributed by atoms with van der Waals surface area (Å²) in [5.41, 5.74) is 8.95. The van der Waals surface area contributed by atoms with Gasteiger partial charge in [-0.2, -0.15) is 0 Å². The molecular weight excluding hydrogens is 213 g/mol. The van der Waals surface area contributed by atoms with Crippen molar-refractivity contribution in [2.45, 2.75) is 0 Å². The molecule has 2 rings (SSSR count). The Bertz CT molecular complexity index is 220. The van der Waals surface area contributed by atoms with Crippen LogP contribution in [-0.4, -0.2) is 0 Å². The minimum atomic E-state index is 0. The molecule has 42 valence electrons. The van der Waals surface area contributed by atoms with Crippen LogP contribution in [0.1, 0.15) is 0 Å². The number of anilines is 1. The van der Waals surface area contributed by atoms with Gasteiger partial charge in [0.2, 0.25) is 0 Å². The third-order valence-electron chi connectivity index (χ3n) is 1.28. The molecule has 0 aromatic carbocycles. The van der Waals surface area contributed by atoms with Gasteiger partial charge in [-0.1, -0.05) is 6.07 Å². The molecule has 0 aromatic heterocycles. The van der Waals surface area contributed by atoms with Gasteiger partial charge in [-0.25, -0.2) is 0 Å². The summed E-state index contributed by atoms with van der Waals surface area (Å²) in [4.78, 5) is 0. The average molecular weight is 219 g/mol. The highest BCUT2D eigenvalue weighted by atomic mass is 127. The number of nitrogens with two attached hydrogens (primary N) is 1. The van der Waals surface area contributed by atoms with E-state index >= 15 is 0 Å². The van der Waals surface area contributed by atoms with E-state index in [0.717, 1.165) is 5.69 Å². The fourth-order valence-electron chi connectivity index (χ4n) is 0.777. The van der Waals surface area contributed by atoms with Crippen molar-refractivity contribution >= 4 is 29.7 Å². The summed E-state index contributed by atoms with van der Waals surface area (Å²) in [5, 5.41) is 0. The second kappa shape index (κ2) is 1.62. The molecular formula is C6H6IN. The fourth-order valence-corrected chi connectivity index (χ4v) is 0.777. The van der Waals surface area contributed by atoms with Crippen molar-refractivity contribution < 1.29 is 0 Å². The zero-order valence-electron chi connectivity index (χ0n) is 4.22. The lowest BCUT2D eigenvalue weighted by Crippen LogP contribution is -1.75. The molecule has 0 spiro atoms. The molecule has 2 aliphatic carbocycles. The van der Waals surface area contributed by atoms with E-state index in [1.807, 2.05) is 12.1 Å². The Hall–Kier alpha value is -0.250. The van der Waals surface area contributed by atoms with E-state index in [1.54, 1.807) is 0 Å². The topological polar surface area (TPSA) is 26.0 Å². The molecule has 1 nitrogen and oxygen atoms in total. The lowest BCUT2D eigenvalue weighted by Gasteiger charge is -1.74. The highest BCUT2D eigenvalue weighted by Crippen LogP contribution is 2.39. The highest BCUT2D eigenvalue weighted by Gasteiger charge is 2.13. The van der Waals surface area contributed by atoms with Crippen molar-refractivity contribution in [2.24, 2.45) is 0 Å².